The summed E-state index contributed by atoms with van der Waals surface area (Å²) in [5.41, 5.74) is 4.35. The Labute approximate surface area is 246 Å². The number of primary amides is 1. The molecule has 0 aliphatic carbocycles. The number of carbonyl (C=O) groups is 1. The SMILES string of the molecule is CC(C)(O)COc1cc(-c2ccc(N3CCC(C)(c4cccc(C(N)=O)c4C(F)(F)F)CC3)nc2)c2c(C#N)cnn2c1. The molecule has 1 fully saturated rings. The molecule has 0 radical (unpaired) electrons. The first-order chi connectivity index (χ1) is 20.2. The number of fused-ring (bicyclic) bond motifs is 1. The molecule has 4 heterocycles. The van der Waals surface area contributed by atoms with Gasteiger partial charge >= 0.3 is 6.18 Å². The van der Waals surface area contributed by atoms with Crippen molar-refractivity contribution >= 4 is 17.2 Å². The summed E-state index contributed by atoms with van der Waals surface area (Å²) < 4.78 is 49.6. The maximum atomic E-state index is 14.1. The molecule has 9 nitrogen and oxygen atoms in total. The van der Waals surface area contributed by atoms with Crippen LogP contribution < -0.4 is 15.4 Å². The highest BCUT2D eigenvalue weighted by molar-refractivity contribution is 5.95. The van der Waals surface area contributed by atoms with E-state index >= 15 is 0 Å². The second-order valence-electron chi connectivity index (χ2n) is 11.7. The number of nitriles is 1. The Morgan fingerprint density at radius 3 is 2.49 bits per heavy atom. The maximum Gasteiger partial charge on any atom is 0.417 e. The fraction of sp³-hybridized carbons (Fsp3) is 0.355. The van der Waals surface area contributed by atoms with Crippen molar-refractivity contribution in [2.45, 2.75) is 50.8 Å². The quantitative estimate of drug-likeness (QED) is 0.306. The van der Waals surface area contributed by atoms with Crippen molar-refractivity contribution < 1.29 is 27.8 Å². The summed E-state index contributed by atoms with van der Waals surface area (Å²) in [5, 5.41) is 24.0. The largest absolute Gasteiger partial charge is 0.489 e. The van der Waals surface area contributed by atoms with Crippen molar-refractivity contribution in [3.63, 3.8) is 0 Å². The van der Waals surface area contributed by atoms with Gasteiger partial charge in [0.2, 0.25) is 5.91 Å². The molecule has 3 N–H and O–H groups in total. The number of amides is 1. The second-order valence-corrected chi connectivity index (χ2v) is 11.7. The van der Waals surface area contributed by atoms with Crippen molar-refractivity contribution in [1.29, 1.82) is 5.26 Å². The van der Waals surface area contributed by atoms with Gasteiger partial charge in [0.15, 0.2) is 0 Å². The molecular weight excluding hydrogens is 561 g/mol. The number of benzene rings is 1. The fourth-order valence-electron chi connectivity index (χ4n) is 5.53. The van der Waals surface area contributed by atoms with E-state index in [0.29, 0.717) is 59.7 Å². The van der Waals surface area contributed by atoms with Crippen LogP contribution in [-0.2, 0) is 11.6 Å². The second kappa shape index (κ2) is 10.9. The number of pyridine rings is 2. The molecule has 1 saturated heterocycles. The third-order valence-electron chi connectivity index (χ3n) is 7.81. The minimum atomic E-state index is -4.72. The molecule has 1 amide bonds. The molecule has 0 atom stereocenters. The lowest BCUT2D eigenvalue weighted by atomic mass is 9.72. The van der Waals surface area contributed by atoms with Crippen molar-refractivity contribution in [3.05, 3.63) is 77.2 Å². The van der Waals surface area contributed by atoms with E-state index in [-0.39, 0.29) is 12.2 Å². The van der Waals surface area contributed by atoms with E-state index in [1.54, 1.807) is 43.7 Å². The number of anilines is 1. The van der Waals surface area contributed by atoms with Crippen LogP contribution in [0.1, 0.15) is 60.7 Å². The zero-order valence-electron chi connectivity index (χ0n) is 23.9. The van der Waals surface area contributed by atoms with Crippen LogP contribution in [0, 0.1) is 11.3 Å². The average Bonchev–Trinajstić information content (AvgIpc) is 3.38. The number of nitrogens with two attached hydrogens (primary N) is 1. The number of hydrogen-bond donors (Lipinski definition) is 2. The summed E-state index contributed by atoms with van der Waals surface area (Å²) in [6, 6.07) is 11.6. The number of piperidine rings is 1. The normalized spacial score (nSPS) is 15.3. The summed E-state index contributed by atoms with van der Waals surface area (Å²) >= 11 is 0. The topological polar surface area (TPSA) is 130 Å². The van der Waals surface area contributed by atoms with Crippen LogP contribution in [0.3, 0.4) is 0 Å². The van der Waals surface area contributed by atoms with Crippen LogP contribution in [-0.4, -0.2) is 50.9 Å². The monoisotopic (exact) mass is 592 g/mol. The van der Waals surface area contributed by atoms with Crippen molar-refractivity contribution in [1.82, 2.24) is 14.6 Å². The number of aromatic nitrogens is 3. The van der Waals surface area contributed by atoms with Crippen LogP contribution in [0.15, 0.2) is 55.0 Å². The van der Waals surface area contributed by atoms with Gasteiger partial charge in [-0.15, -0.1) is 0 Å². The van der Waals surface area contributed by atoms with Gasteiger partial charge in [0, 0.05) is 30.4 Å². The number of alkyl halides is 3. The molecule has 0 unspecified atom stereocenters. The zero-order chi connectivity index (χ0) is 31.2. The van der Waals surface area contributed by atoms with Crippen molar-refractivity contribution in [2.24, 2.45) is 5.73 Å². The number of ether oxygens (including phenoxy) is 1. The summed E-state index contributed by atoms with van der Waals surface area (Å²) in [4.78, 5) is 18.5. The van der Waals surface area contributed by atoms with Gasteiger partial charge in [-0.2, -0.15) is 23.5 Å². The lowest BCUT2D eigenvalue weighted by Crippen LogP contribution is -2.42. The van der Waals surface area contributed by atoms with Crippen LogP contribution >= 0.6 is 0 Å². The molecule has 1 aliphatic rings. The molecule has 0 bridgehead atoms. The Bertz CT molecular complexity index is 1710. The maximum absolute atomic E-state index is 14.1. The van der Waals surface area contributed by atoms with Crippen LogP contribution in [0.25, 0.3) is 16.6 Å². The van der Waals surface area contributed by atoms with Gasteiger partial charge in [0.1, 0.15) is 24.2 Å². The molecule has 4 aromatic rings. The number of rotatable bonds is 7. The Kier molecular flexibility index (Phi) is 7.56. The first-order valence-electron chi connectivity index (χ1n) is 13.7. The van der Waals surface area contributed by atoms with Gasteiger partial charge in [-0.1, -0.05) is 19.1 Å². The highest BCUT2D eigenvalue weighted by Crippen LogP contribution is 2.44. The van der Waals surface area contributed by atoms with Gasteiger partial charge in [0.25, 0.3) is 0 Å². The minimum absolute atomic E-state index is 0.0483. The number of hydrogen-bond acceptors (Lipinski definition) is 7. The third kappa shape index (κ3) is 5.99. The lowest BCUT2D eigenvalue weighted by molar-refractivity contribution is -0.139. The summed E-state index contributed by atoms with van der Waals surface area (Å²) in [7, 11) is 0. The van der Waals surface area contributed by atoms with Crippen molar-refractivity contribution in [2.75, 3.05) is 24.6 Å². The molecule has 43 heavy (non-hydrogen) atoms. The Hall–Kier alpha value is -4.63. The van der Waals surface area contributed by atoms with Crippen LogP contribution in [0.4, 0.5) is 19.0 Å². The first kappa shape index (κ1) is 29.8. The zero-order valence-corrected chi connectivity index (χ0v) is 23.9. The molecule has 12 heteroatoms. The minimum Gasteiger partial charge on any atom is -0.489 e. The van der Waals surface area contributed by atoms with E-state index in [9.17, 15) is 28.3 Å². The highest BCUT2D eigenvalue weighted by Gasteiger charge is 2.43. The molecule has 1 aromatic carbocycles. The molecule has 224 valence electrons. The van der Waals surface area contributed by atoms with Crippen LogP contribution in [0.2, 0.25) is 0 Å². The summed E-state index contributed by atoms with van der Waals surface area (Å²) in [6.07, 6.45) is 0.871. The molecule has 0 spiro atoms. The van der Waals surface area contributed by atoms with E-state index in [4.69, 9.17) is 10.5 Å². The van der Waals surface area contributed by atoms with Gasteiger partial charge in [-0.05, 0) is 61.9 Å². The highest BCUT2D eigenvalue weighted by atomic mass is 19.4. The summed E-state index contributed by atoms with van der Waals surface area (Å²) in [6.45, 7) is 6.00. The predicted molar refractivity (Wildman–Crippen MR) is 154 cm³/mol. The number of halogens is 3. The number of nitrogens with zero attached hydrogens (tertiary/aromatic N) is 5. The van der Waals surface area contributed by atoms with Crippen LogP contribution in [0.5, 0.6) is 5.75 Å². The predicted octanol–water partition coefficient (Wildman–Crippen LogP) is 5.09. The standard InChI is InChI=1S/C31H31F3N6O3/c1-29(2,42)18-43-21-13-23(27-20(14-35)16-38-40(27)17-21)19-7-8-25(37-15-19)39-11-9-30(3,10-12-39)24-6-4-5-22(28(36)41)26(24)31(32,33)34/h4-8,13,15-17,42H,9-12,18H2,1-3H3,(H2,36,41). The van der Waals surface area contributed by atoms with E-state index in [1.165, 1.54) is 18.3 Å². The van der Waals surface area contributed by atoms with E-state index in [2.05, 4.69) is 16.2 Å². The number of aliphatic hydroxyl groups is 1. The van der Waals surface area contributed by atoms with E-state index in [1.807, 2.05) is 17.0 Å². The first-order valence-corrected chi connectivity index (χ1v) is 13.7. The van der Waals surface area contributed by atoms with Gasteiger partial charge in [-0.25, -0.2) is 9.50 Å². The Morgan fingerprint density at radius 1 is 1.19 bits per heavy atom. The van der Waals surface area contributed by atoms with Gasteiger partial charge < -0.3 is 20.5 Å². The lowest BCUT2D eigenvalue weighted by Gasteiger charge is -2.41. The average molecular weight is 593 g/mol. The molecule has 3 aromatic heterocycles. The molecule has 5 rings (SSSR count). The molecular formula is C31H31F3N6O3. The van der Waals surface area contributed by atoms with Crippen molar-refractivity contribution in [3.8, 4) is 22.9 Å². The summed E-state index contributed by atoms with van der Waals surface area (Å²) in [5.74, 6) is 0.00590. The third-order valence-corrected chi connectivity index (χ3v) is 7.81. The Morgan fingerprint density at radius 2 is 1.91 bits per heavy atom. The molecule has 1 aliphatic heterocycles. The Balaban J connectivity index is 1.40. The van der Waals surface area contributed by atoms with Gasteiger partial charge in [-0.3, -0.25) is 4.79 Å². The molecule has 0 saturated carbocycles. The fourth-order valence-corrected chi connectivity index (χ4v) is 5.53. The smallest absolute Gasteiger partial charge is 0.417 e. The van der Waals surface area contributed by atoms with E-state index < -0.39 is 34.2 Å². The van der Waals surface area contributed by atoms with Gasteiger partial charge in [0.05, 0.1) is 40.2 Å². The number of carbonyl (C=O) groups excluding carboxylic acids is 1. The van der Waals surface area contributed by atoms with E-state index in [0.717, 1.165) is 6.07 Å².